The smallest absolute Gasteiger partial charge is 0.205 e. The highest BCUT2D eigenvalue weighted by Crippen LogP contribution is 2.41. The van der Waals surface area contributed by atoms with Gasteiger partial charge in [-0.15, -0.1) is 0 Å². The molecular formula is C14H12N4O. The van der Waals surface area contributed by atoms with Crippen LogP contribution < -0.4 is 16.2 Å². The Kier molecular flexibility index (Phi) is 2.43. The van der Waals surface area contributed by atoms with Crippen LogP contribution in [0, 0.1) is 11.3 Å². The lowest BCUT2D eigenvalue weighted by Crippen LogP contribution is -2.21. The SMILES string of the molecule is N#CC1=C(N)Oc2cc(N)ccc2[C@@H]1c1ccc[nH]1. The highest BCUT2D eigenvalue weighted by Gasteiger charge is 2.31. The van der Waals surface area contributed by atoms with Gasteiger partial charge in [0.15, 0.2) is 0 Å². The number of aromatic nitrogens is 1. The first kappa shape index (κ1) is 11.2. The molecule has 1 aliphatic rings. The van der Waals surface area contributed by atoms with Gasteiger partial charge in [-0.05, 0) is 18.2 Å². The highest BCUT2D eigenvalue weighted by molar-refractivity contribution is 5.58. The van der Waals surface area contributed by atoms with Gasteiger partial charge in [0.2, 0.25) is 5.88 Å². The van der Waals surface area contributed by atoms with Gasteiger partial charge in [0.1, 0.15) is 17.4 Å². The van der Waals surface area contributed by atoms with Crippen molar-refractivity contribution in [1.29, 1.82) is 5.26 Å². The molecule has 5 nitrogen and oxygen atoms in total. The van der Waals surface area contributed by atoms with E-state index in [9.17, 15) is 5.26 Å². The lowest BCUT2D eigenvalue weighted by molar-refractivity contribution is 0.393. The minimum atomic E-state index is -0.246. The number of H-pyrrole nitrogens is 1. The van der Waals surface area contributed by atoms with Crippen LogP contribution in [0.5, 0.6) is 5.75 Å². The summed E-state index contributed by atoms with van der Waals surface area (Å²) < 4.78 is 5.49. The molecule has 94 valence electrons. The van der Waals surface area contributed by atoms with Crippen LogP contribution >= 0.6 is 0 Å². The Morgan fingerprint density at radius 2 is 2.11 bits per heavy atom. The van der Waals surface area contributed by atoms with Crippen LogP contribution in [0.4, 0.5) is 5.69 Å². The Morgan fingerprint density at radius 1 is 1.26 bits per heavy atom. The quantitative estimate of drug-likeness (QED) is 0.674. The number of hydrogen-bond acceptors (Lipinski definition) is 4. The number of nitrogen functional groups attached to an aromatic ring is 1. The number of ether oxygens (including phenoxy) is 1. The standard InChI is InChI=1S/C14H12N4O/c15-7-10-13(11-2-1-5-18-11)9-4-3-8(16)6-12(9)19-14(10)17/h1-6,13,18H,16-17H2/t13-/m0/s1. The van der Waals surface area contributed by atoms with Gasteiger partial charge in [-0.1, -0.05) is 6.07 Å². The molecule has 0 spiro atoms. The summed E-state index contributed by atoms with van der Waals surface area (Å²) in [6, 6.07) is 11.3. The Labute approximate surface area is 110 Å². The van der Waals surface area contributed by atoms with Gasteiger partial charge < -0.3 is 21.2 Å². The Hall–Kier alpha value is -2.87. The van der Waals surface area contributed by atoms with Crippen LogP contribution in [0.1, 0.15) is 17.2 Å². The molecule has 1 aliphatic heterocycles. The zero-order chi connectivity index (χ0) is 13.4. The van der Waals surface area contributed by atoms with Crippen molar-refractivity contribution in [2.45, 2.75) is 5.92 Å². The molecule has 2 aromatic rings. The van der Waals surface area contributed by atoms with E-state index in [2.05, 4.69) is 11.1 Å². The van der Waals surface area contributed by atoms with Crippen molar-refractivity contribution in [3.63, 3.8) is 0 Å². The molecule has 1 aromatic heterocycles. The lowest BCUT2D eigenvalue weighted by Gasteiger charge is -2.25. The van der Waals surface area contributed by atoms with E-state index in [0.717, 1.165) is 11.3 Å². The van der Waals surface area contributed by atoms with Crippen molar-refractivity contribution in [3.05, 3.63) is 59.2 Å². The number of anilines is 1. The first-order valence-electron chi connectivity index (χ1n) is 5.81. The van der Waals surface area contributed by atoms with Crippen molar-refractivity contribution >= 4 is 5.69 Å². The van der Waals surface area contributed by atoms with E-state index >= 15 is 0 Å². The number of benzene rings is 1. The summed E-state index contributed by atoms with van der Waals surface area (Å²) in [4.78, 5) is 3.12. The fraction of sp³-hybridized carbons (Fsp3) is 0.0714. The molecule has 0 saturated heterocycles. The number of nitriles is 1. The van der Waals surface area contributed by atoms with Crippen molar-refractivity contribution in [1.82, 2.24) is 4.98 Å². The summed E-state index contributed by atoms with van der Waals surface area (Å²) in [7, 11) is 0. The topological polar surface area (TPSA) is 101 Å². The largest absolute Gasteiger partial charge is 0.440 e. The second kappa shape index (κ2) is 4.10. The molecule has 0 amide bonds. The summed E-state index contributed by atoms with van der Waals surface area (Å²) >= 11 is 0. The van der Waals surface area contributed by atoms with Crippen molar-refractivity contribution in [2.24, 2.45) is 5.73 Å². The monoisotopic (exact) mass is 252 g/mol. The number of hydrogen-bond donors (Lipinski definition) is 3. The normalized spacial score (nSPS) is 17.5. The minimum absolute atomic E-state index is 0.125. The number of nitrogens with two attached hydrogens (primary N) is 2. The van der Waals surface area contributed by atoms with E-state index < -0.39 is 0 Å². The van der Waals surface area contributed by atoms with Gasteiger partial charge in [0, 0.05) is 29.2 Å². The number of nitrogens with zero attached hydrogens (tertiary/aromatic N) is 1. The number of rotatable bonds is 1. The molecule has 5 N–H and O–H groups in total. The maximum Gasteiger partial charge on any atom is 0.205 e. The number of aromatic amines is 1. The molecule has 0 bridgehead atoms. The van der Waals surface area contributed by atoms with E-state index in [1.54, 1.807) is 12.1 Å². The van der Waals surface area contributed by atoms with Gasteiger partial charge in [-0.3, -0.25) is 0 Å². The van der Waals surface area contributed by atoms with Crippen molar-refractivity contribution < 1.29 is 4.74 Å². The minimum Gasteiger partial charge on any atom is -0.440 e. The third-order valence-electron chi connectivity index (χ3n) is 3.18. The molecule has 0 fully saturated rings. The highest BCUT2D eigenvalue weighted by atomic mass is 16.5. The summed E-state index contributed by atoms with van der Waals surface area (Å²) in [5.41, 5.74) is 14.4. The van der Waals surface area contributed by atoms with E-state index in [1.165, 1.54) is 0 Å². The Bertz CT molecular complexity index is 695. The number of fused-ring (bicyclic) bond motifs is 1. The van der Waals surface area contributed by atoms with Crippen LogP contribution in [0.2, 0.25) is 0 Å². The zero-order valence-electron chi connectivity index (χ0n) is 10.1. The van der Waals surface area contributed by atoms with Crippen LogP contribution in [0.3, 0.4) is 0 Å². The second-order valence-corrected chi connectivity index (χ2v) is 4.35. The molecule has 1 aromatic carbocycles. The summed E-state index contributed by atoms with van der Waals surface area (Å²) in [6.07, 6.45) is 1.81. The molecular weight excluding hydrogens is 240 g/mol. The number of nitrogens with one attached hydrogen (secondary N) is 1. The molecule has 19 heavy (non-hydrogen) atoms. The Balaban J connectivity index is 2.23. The molecule has 2 heterocycles. The third-order valence-corrected chi connectivity index (χ3v) is 3.18. The molecule has 0 unspecified atom stereocenters. The first-order valence-corrected chi connectivity index (χ1v) is 5.81. The van der Waals surface area contributed by atoms with Crippen LogP contribution in [-0.2, 0) is 0 Å². The summed E-state index contributed by atoms with van der Waals surface area (Å²) in [5.74, 6) is 0.473. The lowest BCUT2D eigenvalue weighted by atomic mass is 9.86. The first-order chi connectivity index (χ1) is 9.20. The van der Waals surface area contributed by atoms with Crippen LogP contribution in [-0.4, -0.2) is 4.98 Å². The van der Waals surface area contributed by atoms with Crippen LogP contribution in [0.15, 0.2) is 48.0 Å². The van der Waals surface area contributed by atoms with Crippen molar-refractivity contribution in [3.8, 4) is 11.8 Å². The predicted molar refractivity (Wildman–Crippen MR) is 70.9 cm³/mol. The predicted octanol–water partition coefficient (Wildman–Crippen LogP) is 1.82. The average molecular weight is 252 g/mol. The van der Waals surface area contributed by atoms with Gasteiger partial charge in [0.05, 0.1) is 5.92 Å². The van der Waals surface area contributed by atoms with E-state index in [0.29, 0.717) is 17.0 Å². The third kappa shape index (κ3) is 1.70. The van der Waals surface area contributed by atoms with Gasteiger partial charge >= 0.3 is 0 Å². The molecule has 0 aliphatic carbocycles. The fourth-order valence-electron chi connectivity index (χ4n) is 2.32. The van der Waals surface area contributed by atoms with Crippen molar-refractivity contribution in [2.75, 3.05) is 5.73 Å². The zero-order valence-corrected chi connectivity index (χ0v) is 10.1. The molecule has 1 atom stereocenters. The van der Waals surface area contributed by atoms with Gasteiger partial charge in [0.25, 0.3) is 0 Å². The molecule has 5 heteroatoms. The van der Waals surface area contributed by atoms with E-state index in [4.69, 9.17) is 16.2 Å². The summed E-state index contributed by atoms with van der Waals surface area (Å²) in [6.45, 7) is 0. The van der Waals surface area contributed by atoms with Crippen LogP contribution in [0.25, 0.3) is 0 Å². The fourth-order valence-corrected chi connectivity index (χ4v) is 2.32. The van der Waals surface area contributed by atoms with Gasteiger partial charge in [-0.25, -0.2) is 0 Å². The molecule has 0 saturated carbocycles. The Morgan fingerprint density at radius 3 is 2.79 bits per heavy atom. The van der Waals surface area contributed by atoms with E-state index in [1.807, 2.05) is 24.4 Å². The van der Waals surface area contributed by atoms with Gasteiger partial charge in [-0.2, -0.15) is 5.26 Å². The van der Waals surface area contributed by atoms with E-state index in [-0.39, 0.29) is 11.8 Å². The molecule has 0 radical (unpaired) electrons. The summed E-state index contributed by atoms with van der Waals surface area (Å²) in [5, 5.41) is 9.30. The maximum absolute atomic E-state index is 9.30. The number of allylic oxidation sites excluding steroid dienone is 1. The maximum atomic E-state index is 9.30. The second-order valence-electron chi connectivity index (χ2n) is 4.35. The molecule has 3 rings (SSSR count). The average Bonchev–Trinajstić information content (AvgIpc) is 2.90.